The Labute approximate surface area is 170 Å². The number of benzene rings is 1. The molecule has 3 heterocycles. The second-order valence-electron chi connectivity index (χ2n) is 7.13. The van der Waals surface area contributed by atoms with E-state index in [1.807, 2.05) is 0 Å². The van der Waals surface area contributed by atoms with E-state index in [1.54, 1.807) is 22.8 Å². The van der Waals surface area contributed by atoms with E-state index in [0.29, 0.717) is 30.3 Å². The maximum atomic E-state index is 13.3. The number of aliphatic hydroxyl groups is 1. The first kappa shape index (κ1) is 20.1. The number of carbonyl (C=O) groups excluding carboxylic acids is 2. The quantitative estimate of drug-likeness (QED) is 0.721. The molecular formula is C19H20F2N4O5. The molecule has 11 heteroatoms. The monoisotopic (exact) mass is 422 g/mol. The lowest BCUT2D eigenvalue weighted by Gasteiger charge is -2.17. The summed E-state index contributed by atoms with van der Waals surface area (Å²) in [5.41, 5.74) is 6.65. The molecular weight excluding hydrogens is 402 g/mol. The van der Waals surface area contributed by atoms with Gasteiger partial charge in [-0.15, -0.1) is 0 Å². The number of amides is 2. The fourth-order valence-electron chi connectivity index (χ4n) is 3.58. The lowest BCUT2D eigenvalue weighted by atomic mass is 9.98. The topological polar surface area (TPSA) is 120 Å². The molecule has 2 aromatic rings. The first-order chi connectivity index (χ1) is 14.4. The third-order valence-corrected chi connectivity index (χ3v) is 5.19. The van der Waals surface area contributed by atoms with Crippen molar-refractivity contribution in [3.8, 4) is 17.1 Å². The van der Waals surface area contributed by atoms with E-state index in [4.69, 9.17) is 15.2 Å². The van der Waals surface area contributed by atoms with Crippen molar-refractivity contribution in [1.82, 2.24) is 9.55 Å². The van der Waals surface area contributed by atoms with Crippen LogP contribution in [0.15, 0.2) is 24.4 Å². The molecule has 1 aromatic carbocycles. The summed E-state index contributed by atoms with van der Waals surface area (Å²) in [6.45, 7) is -0.0672. The van der Waals surface area contributed by atoms with Crippen molar-refractivity contribution in [3.63, 3.8) is 0 Å². The van der Waals surface area contributed by atoms with Gasteiger partial charge in [0.15, 0.2) is 5.82 Å². The summed E-state index contributed by atoms with van der Waals surface area (Å²) in [4.78, 5) is 28.7. The molecule has 0 spiro atoms. The number of cyclic esters (lactones) is 1. The predicted octanol–water partition coefficient (Wildman–Crippen LogP) is 1.17. The minimum Gasteiger partial charge on any atom is -0.491 e. The molecule has 1 aromatic heterocycles. The third kappa shape index (κ3) is 3.56. The van der Waals surface area contributed by atoms with Crippen LogP contribution in [0.5, 0.6) is 5.75 Å². The van der Waals surface area contributed by atoms with Crippen LogP contribution in [0.25, 0.3) is 11.4 Å². The number of aliphatic hydroxyl groups excluding tert-OH is 1. The number of nitrogens with zero attached hydrogens (tertiary/aromatic N) is 3. The van der Waals surface area contributed by atoms with Crippen molar-refractivity contribution in [2.75, 3.05) is 24.7 Å². The number of anilines is 1. The lowest BCUT2D eigenvalue weighted by Crippen LogP contribution is -2.38. The van der Waals surface area contributed by atoms with Gasteiger partial charge in [-0.25, -0.2) is 23.5 Å². The summed E-state index contributed by atoms with van der Waals surface area (Å²) in [6.07, 6.45) is -1.85. The number of primary amides is 1. The molecule has 2 aliphatic heterocycles. The number of rotatable bonds is 6. The Morgan fingerprint density at radius 2 is 2.17 bits per heavy atom. The number of fused-ring (bicyclic) bond motifs is 3. The molecule has 9 nitrogen and oxygen atoms in total. The number of hydrogen-bond acceptors (Lipinski definition) is 6. The Morgan fingerprint density at radius 3 is 2.87 bits per heavy atom. The van der Waals surface area contributed by atoms with E-state index in [-0.39, 0.29) is 18.8 Å². The second-order valence-corrected chi connectivity index (χ2v) is 7.13. The fourth-order valence-corrected chi connectivity index (χ4v) is 3.58. The Morgan fingerprint density at radius 1 is 1.37 bits per heavy atom. The second kappa shape index (κ2) is 7.90. The number of alkyl halides is 2. The van der Waals surface area contributed by atoms with E-state index in [9.17, 15) is 23.5 Å². The number of aromatic nitrogens is 2. The normalized spacial score (nSPS) is 19.0. The Bertz CT molecular complexity index is 980. The molecule has 1 fully saturated rings. The van der Waals surface area contributed by atoms with Crippen molar-refractivity contribution in [2.45, 2.75) is 25.4 Å². The van der Waals surface area contributed by atoms with Crippen molar-refractivity contribution in [1.29, 1.82) is 0 Å². The lowest BCUT2D eigenvalue weighted by molar-refractivity contribution is -0.122. The Hall–Kier alpha value is -3.21. The number of ether oxygens (including phenoxy) is 2. The van der Waals surface area contributed by atoms with Crippen LogP contribution in [0.3, 0.4) is 0 Å². The van der Waals surface area contributed by atoms with Crippen LogP contribution in [0, 0.1) is 5.92 Å². The minimum absolute atomic E-state index is 0.0869. The molecule has 2 aliphatic rings. The molecule has 2 amide bonds. The third-order valence-electron chi connectivity index (χ3n) is 5.19. The summed E-state index contributed by atoms with van der Waals surface area (Å²) in [6, 6.07) is 3.83. The van der Waals surface area contributed by atoms with Gasteiger partial charge in [-0.05, 0) is 24.1 Å². The molecule has 4 rings (SSSR count). The number of nitrogens with two attached hydrogens (primary N) is 1. The molecule has 30 heavy (non-hydrogen) atoms. The van der Waals surface area contributed by atoms with Gasteiger partial charge in [-0.3, -0.25) is 4.79 Å². The maximum absolute atomic E-state index is 13.3. The van der Waals surface area contributed by atoms with Crippen molar-refractivity contribution >= 4 is 17.8 Å². The highest BCUT2D eigenvalue weighted by Crippen LogP contribution is 2.36. The first-order valence-corrected chi connectivity index (χ1v) is 9.36. The van der Waals surface area contributed by atoms with Gasteiger partial charge in [0.05, 0.1) is 24.6 Å². The summed E-state index contributed by atoms with van der Waals surface area (Å²) in [7, 11) is 0. The summed E-state index contributed by atoms with van der Waals surface area (Å²) < 4.78 is 38.9. The van der Waals surface area contributed by atoms with Crippen molar-refractivity contribution < 1.29 is 33.0 Å². The van der Waals surface area contributed by atoms with Crippen LogP contribution in [0.1, 0.15) is 5.56 Å². The van der Waals surface area contributed by atoms with Gasteiger partial charge in [-0.1, -0.05) is 6.07 Å². The van der Waals surface area contributed by atoms with Crippen molar-refractivity contribution in [2.24, 2.45) is 11.7 Å². The Balaban J connectivity index is 1.67. The fraction of sp³-hybridized carbons (Fsp3) is 0.421. The highest BCUT2D eigenvalue weighted by atomic mass is 19.3. The molecule has 160 valence electrons. The molecule has 0 unspecified atom stereocenters. The van der Waals surface area contributed by atoms with Crippen LogP contribution in [0.2, 0.25) is 0 Å². The average molecular weight is 422 g/mol. The number of imidazole rings is 1. The Kier molecular flexibility index (Phi) is 5.29. The zero-order valence-electron chi connectivity index (χ0n) is 15.8. The first-order valence-electron chi connectivity index (χ1n) is 9.36. The molecule has 1 saturated heterocycles. The van der Waals surface area contributed by atoms with Gasteiger partial charge >= 0.3 is 6.09 Å². The van der Waals surface area contributed by atoms with E-state index in [0.717, 1.165) is 10.5 Å². The molecule has 0 aliphatic carbocycles. The highest BCUT2D eigenvalue weighted by molar-refractivity contribution is 5.89. The summed E-state index contributed by atoms with van der Waals surface area (Å²) >= 11 is 0. The van der Waals surface area contributed by atoms with Crippen LogP contribution in [-0.4, -0.2) is 58.9 Å². The molecule has 2 atom stereocenters. The highest BCUT2D eigenvalue weighted by Gasteiger charge is 2.42. The number of hydrogen-bond donors (Lipinski definition) is 2. The summed E-state index contributed by atoms with van der Waals surface area (Å²) in [5, 5.41) is 9.32. The van der Waals surface area contributed by atoms with Gasteiger partial charge in [0.1, 0.15) is 30.8 Å². The molecule has 0 radical (unpaired) electrons. The zero-order valence-corrected chi connectivity index (χ0v) is 15.8. The number of halogens is 2. The van der Waals surface area contributed by atoms with Gasteiger partial charge in [0.2, 0.25) is 5.91 Å². The van der Waals surface area contributed by atoms with E-state index < -0.39 is 37.0 Å². The van der Waals surface area contributed by atoms with Crippen LogP contribution < -0.4 is 15.4 Å². The van der Waals surface area contributed by atoms with Crippen LogP contribution in [0.4, 0.5) is 19.4 Å². The largest absolute Gasteiger partial charge is 0.491 e. The predicted molar refractivity (Wildman–Crippen MR) is 100 cm³/mol. The van der Waals surface area contributed by atoms with E-state index in [1.165, 1.54) is 6.20 Å². The standard InChI is InChI=1S/C19H20F2N4O5/c20-16(21)13-9-30-19(28)25(13)15-7-24-3-4-29-14-6-10(5-11(8-26)17(22)27)1-2-12(14)18(24)23-15/h1-2,6-7,11,13,16,26H,3-5,8-9H2,(H2,22,27)/t11-,13-/m0/s1. The van der Waals surface area contributed by atoms with Gasteiger partial charge in [-0.2, -0.15) is 0 Å². The maximum Gasteiger partial charge on any atom is 0.416 e. The van der Waals surface area contributed by atoms with Gasteiger partial charge < -0.3 is 24.9 Å². The van der Waals surface area contributed by atoms with E-state index >= 15 is 0 Å². The molecule has 3 N–H and O–H groups in total. The molecule has 0 bridgehead atoms. The van der Waals surface area contributed by atoms with Crippen LogP contribution in [-0.2, 0) is 22.5 Å². The SMILES string of the molecule is NC(=O)[C@H](CO)Cc1ccc2c(c1)OCCn1cc(N3C(=O)OC[C@H]3C(F)F)nc1-2. The number of carbonyl (C=O) groups is 2. The van der Waals surface area contributed by atoms with E-state index in [2.05, 4.69) is 4.98 Å². The summed E-state index contributed by atoms with van der Waals surface area (Å²) in [5.74, 6) is -0.261. The van der Waals surface area contributed by atoms with Gasteiger partial charge in [0, 0.05) is 6.20 Å². The van der Waals surface area contributed by atoms with Gasteiger partial charge in [0.25, 0.3) is 6.43 Å². The van der Waals surface area contributed by atoms with Crippen molar-refractivity contribution in [3.05, 3.63) is 30.0 Å². The molecule has 0 saturated carbocycles. The zero-order chi connectivity index (χ0) is 21.4. The average Bonchev–Trinajstić information content (AvgIpc) is 3.25. The minimum atomic E-state index is -2.76. The smallest absolute Gasteiger partial charge is 0.416 e. The van der Waals surface area contributed by atoms with Crippen LogP contribution >= 0.6 is 0 Å².